The minimum Gasteiger partial charge on any atom is -0.376 e. The van der Waals surface area contributed by atoms with Gasteiger partial charge < -0.3 is 9.64 Å². The average molecular weight is 447 g/mol. The number of fused-ring (bicyclic) bond motifs is 1. The minimum atomic E-state index is -3.50. The van der Waals surface area contributed by atoms with Crippen molar-refractivity contribution in [3.8, 4) is 6.07 Å². The molecule has 30 heavy (non-hydrogen) atoms. The Labute approximate surface area is 182 Å². The number of nitriles is 1. The summed E-state index contributed by atoms with van der Waals surface area (Å²) in [6.07, 6.45) is 0.704. The third-order valence-corrected chi connectivity index (χ3v) is 9.14. The van der Waals surface area contributed by atoms with Crippen molar-refractivity contribution in [1.82, 2.24) is 9.29 Å². The second-order valence-corrected chi connectivity index (χ2v) is 11.1. The van der Waals surface area contributed by atoms with Crippen LogP contribution in [0, 0.1) is 11.3 Å². The fourth-order valence-electron chi connectivity index (χ4n) is 4.30. The molecule has 7 nitrogen and oxygen atoms in total. The molecule has 2 aromatic rings. The van der Waals surface area contributed by atoms with Gasteiger partial charge in [0.1, 0.15) is 16.1 Å². The third-order valence-electron chi connectivity index (χ3n) is 5.75. The average Bonchev–Trinajstić information content (AvgIpc) is 3.28. The molecule has 0 spiro atoms. The number of hydrogen-bond donors (Lipinski definition) is 0. The van der Waals surface area contributed by atoms with Crippen LogP contribution < -0.4 is 4.90 Å². The van der Waals surface area contributed by atoms with E-state index < -0.39 is 10.0 Å². The summed E-state index contributed by atoms with van der Waals surface area (Å²) in [5.74, 6) is 0.895. The standard InChI is InChI=1S/C21H26N4O3S2/c1-14(2)20-18-13-28-9-6-16(18)17(11-22)21(23-20)24-7-8-25(15(3)12-24)30(26,27)19-5-4-10-29-19/h4-5,10,14-15H,6-9,12-13H2,1-3H3. The van der Waals surface area contributed by atoms with Crippen LogP contribution in [0.4, 0.5) is 5.82 Å². The van der Waals surface area contributed by atoms with Crippen LogP contribution in [0.15, 0.2) is 21.7 Å². The number of thiophene rings is 1. The van der Waals surface area contributed by atoms with E-state index in [1.54, 1.807) is 21.8 Å². The predicted molar refractivity (Wildman–Crippen MR) is 116 cm³/mol. The fraction of sp³-hybridized carbons (Fsp3) is 0.524. The minimum absolute atomic E-state index is 0.213. The van der Waals surface area contributed by atoms with Gasteiger partial charge in [0.05, 0.1) is 24.5 Å². The highest BCUT2D eigenvalue weighted by Gasteiger charge is 2.36. The molecule has 0 amide bonds. The zero-order valence-electron chi connectivity index (χ0n) is 17.5. The Hall–Kier alpha value is -1.99. The Morgan fingerprint density at radius 3 is 2.77 bits per heavy atom. The molecule has 0 N–H and O–H groups in total. The molecule has 2 aliphatic rings. The van der Waals surface area contributed by atoms with E-state index in [0.29, 0.717) is 54.9 Å². The first-order chi connectivity index (χ1) is 14.3. The highest BCUT2D eigenvalue weighted by Crippen LogP contribution is 2.34. The smallest absolute Gasteiger partial charge is 0.252 e. The van der Waals surface area contributed by atoms with Crippen LogP contribution in [-0.2, 0) is 27.8 Å². The van der Waals surface area contributed by atoms with E-state index in [0.717, 1.165) is 16.8 Å². The largest absolute Gasteiger partial charge is 0.376 e. The van der Waals surface area contributed by atoms with Gasteiger partial charge in [0, 0.05) is 31.2 Å². The molecular formula is C21H26N4O3S2. The Kier molecular flexibility index (Phi) is 5.86. The molecule has 1 saturated heterocycles. The van der Waals surface area contributed by atoms with E-state index in [4.69, 9.17) is 9.72 Å². The summed E-state index contributed by atoms with van der Waals surface area (Å²) in [6, 6.07) is 5.56. The number of pyridine rings is 1. The molecule has 2 aliphatic heterocycles. The summed E-state index contributed by atoms with van der Waals surface area (Å²) in [5, 5.41) is 11.7. The zero-order valence-corrected chi connectivity index (χ0v) is 19.1. The molecule has 4 rings (SSSR count). The van der Waals surface area contributed by atoms with Gasteiger partial charge in [0.25, 0.3) is 10.0 Å². The molecule has 4 heterocycles. The summed E-state index contributed by atoms with van der Waals surface area (Å²) >= 11 is 1.24. The first kappa shape index (κ1) is 21.2. The van der Waals surface area contributed by atoms with Crippen molar-refractivity contribution in [2.24, 2.45) is 0 Å². The number of nitrogens with zero attached hydrogens (tertiary/aromatic N) is 4. The van der Waals surface area contributed by atoms with Crippen LogP contribution in [0.1, 0.15) is 49.1 Å². The maximum Gasteiger partial charge on any atom is 0.252 e. The molecular weight excluding hydrogens is 420 g/mol. The Balaban J connectivity index is 1.68. The van der Waals surface area contributed by atoms with Gasteiger partial charge >= 0.3 is 0 Å². The first-order valence-corrected chi connectivity index (χ1v) is 12.5. The van der Waals surface area contributed by atoms with Gasteiger partial charge in [0.2, 0.25) is 0 Å². The maximum absolute atomic E-state index is 13.0. The van der Waals surface area contributed by atoms with Crippen molar-refractivity contribution in [3.63, 3.8) is 0 Å². The van der Waals surface area contributed by atoms with E-state index in [1.165, 1.54) is 11.3 Å². The molecule has 160 valence electrons. The monoisotopic (exact) mass is 446 g/mol. The van der Waals surface area contributed by atoms with E-state index in [2.05, 4.69) is 24.8 Å². The fourth-order valence-corrected chi connectivity index (χ4v) is 7.04. The Morgan fingerprint density at radius 1 is 1.33 bits per heavy atom. The summed E-state index contributed by atoms with van der Waals surface area (Å²) < 4.78 is 33.6. The molecule has 0 aromatic carbocycles. The van der Waals surface area contributed by atoms with Crippen molar-refractivity contribution in [3.05, 3.63) is 39.9 Å². The number of aromatic nitrogens is 1. The normalized spacial score (nSPS) is 20.2. The van der Waals surface area contributed by atoms with Crippen LogP contribution in [0.5, 0.6) is 0 Å². The zero-order chi connectivity index (χ0) is 21.5. The number of rotatable bonds is 4. The number of sulfonamides is 1. The quantitative estimate of drug-likeness (QED) is 0.717. The van der Waals surface area contributed by atoms with Crippen molar-refractivity contribution < 1.29 is 13.2 Å². The molecule has 0 aliphatic carbocycles. The lowest BCUT2D eigenvalue weighted by molar-refractivity contribution is 0.109. The van der Waals surface area contributed by atoms with Crippen LogP contribution in [-0.4, -0.2) is 50.0 Å². The first-order valence-electron chi connectivity index (χ1n) is 10.2. The van der Waals surface area contributed by atoms with Gasteiger partial charge in [-0.1, -0.05) is 19.9 Å². The van der Waals surface area contributed by atoms with Crippen molar-refractivity contribution in [1.29, 1.82) is 5.26 Å². The lowest BCUT2D eigenvalue weighted by Crippen LogP contribution is -2.54. The molecule has 0 bridgehead atoms. The van der Waals surface area contributed by atoms with Gasteiger partial charge in [-0.25, -0.2) is 13.4 Å². The Morgan fingerprint density at radius 2 is 2.13 bits per heavy atom. The summed E-state index contributed by atoms with van der Waals surface area (Å²) in [6.45, 7) is 8.58. The summed E-state index contributed by atoms with van der Waals surface area (Å²) in [4.78, 5) is 6.98. The molecule has 9 heteroatoms. The van der Waals surface area contributed by atoms with Crippen LogP contribution in [0.2, 0.25) is 0 Å². The highest BCUT2D eigenvalue weighted by atomic mass is 32.2. The molecule has 1 atom stereocenters. The van der Waals surface area contributed by atoms with Crippen molar-refractivity contribution in [2.75, 3.05) is 31.1 Å². The summed E-state index contributed by atoms with van der Waals surface area (Å²) in [5.41, 5.74) is 3.67. The number of anilines is 1. The van der Waals surface area contributed by atoms with Crippen LogP contribution in [0.3, 0.4) is 0 Å². The maximum atomic E-state index is 13.0. The van der Waals surface area contributed by atoms with E-state index in [1.807, 2.05) is 6.92 Å². The van der Waals surface area contributed by atoms with Gasteiger partial charge in [-0.3, -0.25) is 0 Å². The molecule has 1 unspecified atom stereocenters. The van der Waals surface area contributed by atoms with E-state index in [-0.39, 0.29) is 12.0 Å². The topological polar surface area (TPSA) is 86.5 Å². The van der Waals surface area contributed by atoms with Gasteiger partial charge in [0.15, 0.2) is 0 Å². The van der Waals surface area contributed by atoms with Crippen LogP contribution in [0.25, 0.3) is 0 Å². The highest BCUT2D eigenvalue weighted by molar-refractivity contribution is 7.91. The predicted octanol–water partition coefficient (Wildman–Crippen LogP) is 3.11. The lowest BCUT2D eigenvalue weighted by Gasteiger charge is -2.40. The molecule has 2 aromatic heterocycles. The molecule has 0 radical (unpaired) electrons. The SMILES string of the molecule is CC(C)c1nc(N2CCN(S(=O)(=O)c3cccs3)C(C)C2)c(C#N)c2c1COCC2. The number of hydrogen-bond acceptors (Lipinski definition) is 7. The summed E-state index contributed by atoms with van der Waals surface area (Å²) in [7, 11) is -3.50. The number of piperazine rings is 1. The molecule has 1 fully saturated rings. The Bertz CT molecular complexity index is 1070. The van der Waals surface area contributed by atoms with Crippen molar-refractivity contribution >= 4 is 27.2 Å². The molecule has 0 saturated carbocycles. The van der Waals surface area contributed by atoms with Gasteiger partial charge in [-0.2, -0.15) is 9.57 Å². The van der Waals surface area contributed by atoms with Gasteiger partial charge in [-0.15, -0.1) is 11.3 Å². The van der Waals surface area contributed by atoms with Gasteiger partial charge in [-0.05, 0) is 36.3 Å². The number of ether oxygens (including phenoxy) is 1. The lowest BCUT2D eigenvalue weighted by atomic mass is 9.92. The third kappa shape index (κ3) is 3.62. The van der Waals surface area contributed by atoms with E-state index >= 15 is 0 Å². The van der Waals surface area contributed by atoms with Crippen molar-refractivity contribution in [2.45, 2.75) is 50.0 Å². The second kappa shape index (κ2) is 8.27. The van der Waals surface area contributed by atoms with E-state index in [9.17, 15) is 13.7 Å². The second-order valence-electron chi connectivity index (χ2n) is 8.06. The van der Waals surface area contributed by atoms with Crippen LogP contribution >= 0.6 is 11.3 Å².